The van der Waals surface area contributed by atoms with Gasteiger partial charge in [0.05, 0.1) is 13.2 Å². The number of nitrogens with two attached hydrogens (primary N) is 1. The molecular formula is C41H70NO8P. The number of esters is 2. The fourth-order valence-electron chi connectivity index (χ4n) is 4.71. The van der Waals surface area contributed by atoms with Gasteiger partial charge in [0.15, 0.2) is 6.10 Å². The zero-order chi connectivity index (χ0) is 37.5. The number of phosphoric ester groups is 1. The van der Waals surface area contributed by atoms with Crippen LogP contribution in [0.5, 0.6) is 0 Å². The summed E-state index contributed by atoms with van der Waals surface area (Å²) >= 11 is 0. The molecule has 3 N–H and O–H groups in total. The van der Waals surface area contributed by atoms with Crippen molar-refractivity contribution in [2.45, 2.75) is 148 Å². The maximum Gasteiger partial charge on any atom is 0.472 e. The first kappa shape index (κ1) is 48.5. The molecule has 0 saturated carbocycles. The minimum atomic E-state index is -4.39. The summed E-state index contributed by atoms with van der Waals surface area (Å²) in [6, 6.07) is 0. The minimum Gasteiger partial charge on any atom is -0.462 e. The first-order valence-corrected chi connectivity index (χ1v) is 20.9. The first-order chi connectivity index (χ1) is 24.8. The maximum absolute atomic E-state index is 12.5. The maximum atomic E-state index is 12.5. The summed E-state index contributed by atoms with van der Waals surface area (Å²) in [4.78, 5) is 34.7. The molecule has 0 rings (SSSR count). The van der Waals surface area contributed by atoms with Crippen molar-refractivity contribution in [3.05, 3.63) is 72.9 Å². The molecule has 0 aromatic heterocycles. The fourth-order valence-corrected chi connectivity index (χ4v) is 5.48. The highest BCUT2D eigenvalue weighted by Crippen LogP contribution is 2.43. The van der Waals surface area contributed by atoms with Crippen LogP contribution in [0.2, 0.25) is 0 Å². The van der Waals surface area contributed by atoms with Gasteiger partial charge in [-0.1, -0.05) is 119 Å². The lowest BCUT2D eigenvalue weighted by Crippen LogP contribution is -2.29. The van der Waals surface area contributed by atoms with Crippen molar-refractivity contribution in [3.63, 3.8) is 0 Å². The zero-order valence-electron chi connectivity index (χ0n) is 31.8. The molecule has 292 valence electrons. The van der Waals surface area contributed by atoms with Gasteiger partial charge >= 0.3 is 19.8 Å². The Hall–Kier alpha value is -2.55. The normalized spacial score (nSPS) is 14.2. The molecule has 0 aliphatic heterocycles. The Morgan fingerprint density at radius 1 is 0.608 bits per heavy atom. The molecule has 0 saturated heterocycles. The Labute approximate surface area is 310 Å². The number of phosphoric acid groups is 1. The Balaban J connectivity index is 4.33. The number of allylic oxidation sites excluding steroid dienone is 12. The van der Waals surface area contributed by atoms with Crippen molar-refractivity contribution in [2.24, 2.45) is 5.73 Å². The van der Waals surface area contributed by atoms with Crippen LogP contribution in [0, 0.1) is 0 Å². The van der Waals surface area contributed by atoms with E-state index >= 15 is 0 Å². The second-order valence-electron chi connectivity index (χ2n) is 12.4. The third-order valence-corrected chi connectivity index (χ3v) is 8.56. The number of carbonyl (C=O) groups excluding carboxylic acids is 2. The summed E-state index contributed by atoms with van der Waals surface area (Å²) in [7, 11) is -4.39. The van der Waals surface area contributed by atoms with Crippen molar-refractivity contribution >= 4 is 19.8 Å². The molecule has 0 aliphatic rings. The largest absolute Gasteiger partial charge is 0.472 e. The van der Waals surface area contributed by atoms with Crippen molar-refractivity contribution in [3.8, 4) is 0 Å². The summed E-state index contributed by atoms with van der Waals surface area (Å²) in [5, 5.41) is 0. The van der Waals surface area contributed by atoms with E-state index < -0.39 is 32.5 Å². The van der Waals surface area contributed by atoms with Crippen LogP contribution in [0.25, 0.3) is 0 Å². The molecule has 9 nitrogen and oxygen atoms in total. The molecule has 0 fully saturated rings. The van der Waals surface area contributed by atoms with E-state index in [-0.39, 0.29) is 32.6 Å². The molecule has 0 radical (unpaired) electrons. The zero-order valence-corrected chi connectivity index (χ0v) is 32.7. The van der Waals surface area contributed by atoms with E-state index in [0.29, 0.717) is 12.8 Å². The molecule has 1 unspecified atom stereocenters. The lowest BCUT2D eigenvalue weighted by Gasteiger charge is -2.19. The Morgan fingerprint density at radius 2 is 1.08 bits per heavy atom. The van der Waals surface area contributed by atoms with Crippen molar-refractivity contribution < 1.29 is 37.6 Å². The minimum absolute atomic E-state index is 0.0414. The molecule has 0 spiro atoms. The Morgan fingerprint density at radius 3 is 1.65 bits per heavy atom. The number of rotatable bonds is 35. The van der Waals surface area contributed by atoms with E-state index in [9.17, 15) is 19.0 Å². The molecule has 2 atom stereocenters. The summed E-state index contributed by atoms with van der Waals surface area (Å²) in [6.45, 7) is 3.49. The highest BCUT2D eigenvalue weighted by molar-refractivity contribution is 7.47. The van der Waals surface area contributed by atoms with Crippen LogP contribution in [-0.2, 0) is 32.7 Å². The number of ether oxygens (including phenoxy) is 2. The van der Waals surface area contributed by atoms with Crippen LogP contribution in [0.4, 0.5) is 0 Å². The Kier molecular flexibility index (Phi) is 35.4. The van der Waals surface area contributed by atoms with Gasteiger partial charge in [-0.05, 0) is 83.5 Å². The van der Waals surface area contributed by atoms with Gasteiger partial charge in [0, 0.05) is 19.4 Å². The van der Waals surface area contributed by atoms with Crippen molar-refractivity contribution in [1.29, 1.82) is 0 Å². The second-order valence-corrected chi connectivity index (χ2v) is 13.9. The average molecular weight is 736 g/mol. The van der Waals surface area contributed by atoms with Crippen LogP contribution in [-0.4, -0.2) is 49.3 Å². The van der Waals surface area contributed by atoms with E-state index in [0.717, 1.165) is 77.0 Å². The van der Waals surface area contributed by atoms with E-state index in [1.165, 1.54) is 25.7 Å². The van der Waals surface area contributed by atoms with Gasteiger partial charge in [-0.2, -0.15) is 0 Å². The highest BCUT2D eigenvalue weighted by Gasteiger charge is 2.25. The van der Waals surface area contributed by atoms with Gasteiger partial charge in [0.2, 0.25) is 0 Å². The lowest BCUT2D eigenvalue weighted by molar-refractivity contribution is -0.161. The standard InChI is InChI=1S/C41H70NO8P/c1-3-5-7-9-11-13-15-17-19-21-23-25-27-29-31-33-40(43)47-37-39(38-49-51(45,46)48-36-35-42)50-41(44)34-32-30-28-26-24-22-20-18-16-14-12-10-8-6-4-2/h5,7,11-14,17-20,23,25,39H,3-4,6,8-10,15-16,21-22,24,26-38,42H2,1-2H3,(H,45,46)/t39-/m1/s1. The molecule has 0 bridgehead atoms. The van der Waals surface area contributed by atoms with Gasteiger partial charge < -0.3 is 20.1 Å². The highest BCUT2D eigenvalue weighted by atomic mass is 31.2. The summed E-state index contributed by atoms with van der Waals surface area (Å²) < 4.78 is 32.6. The number of hydrogen-bond donors (Lipinski definition) is 2. The quantitative estimate of drug-likeness (QED) is 0.0282. The van der Waals surface area contributed by atoms with E-state index in [4.69, 9.17) is 24.3 Å². The smallest absolute Gasteiger partial charge is 0.462 e. The SMILES string of the molecule is CCC=CCC=CCC=CCC=CCCCCC(=O)OC[C@H](COP(=O)(O)OCCN)OC(=O)CCCCCCCC=CCC=CCCCCC. The molecule has 0 aromatic rings. The van der Waals surface area contributed by atoms with Gasteiger partial charge in [0.1, 0.15) is 6.61 Å². The van der Waals surface area contributed by atoms with E-state index in [2.05, 4.69) is 86.8 Å². The van der Waals surface area contributed by atoms with Crippen LogP contribution in [0.1, 0.15) is 142 Å². The molecular weight excluding hydrogens is 665 g/mol. The molecule has 51 heavy (non-hydrogen) atoms. The Bertz CT molecular complexity index is 1070. The van der Waals surface area contributed by atoms with Crippen molar-refractivity contribution in [1.82, 2.24) is 0 Å². The fraction of sp³-hybridized carbons (Fsp3) is 0.659. The van der Waals surface area contributed by atoms with Crippen LogP contribution in [0.15, 0.2) is 72.9 Å². The van der Waals surface area contributed by atoms with Gasteiger partial charge in [-0.3, -0.25) is 18.6 Å². The summed E-state index contributed by atoms with van der Waals surface area (Å²) in [5.41, 5.74) is 5.33. The van der Waals surface area contributed by atoms with E-state index in [1.807, 2.05) is 0 Å². The van der Waals surface area contributed by atoms with Crippen LogP contribution >= 0.6 is 7.82 Å². The number of carbonyl (C=O) groups is 2. The molecule has 0 aliphatic carbocycles. The molecule has 0 heterocycles. The number of hydrogen-bond acceptors (Lipinski definition) is 8. The lowest BCUT2D eigenvalue weighted by atomic mass is 10.1. The first-order valence-electron chi connectivity index (χ1n) is 19.4. The van der Waals surface area contributed by atoms with Gasteiger partial charge in [-0.25, -0.2) is 4.57 Å². The monoisotopic (exact) mass is 735 g/mol. The predicted molar refractivity (Wildman–Crippen MR) is 210 cm³/mol. The molecule has 0 amide bonds. The third-order valence-electron chi connectivity index (χ3n) is 7.58. The predicted octanol–water partition coefficient (Wildman–Crippen LogP) is 10.7. The third kappa shape index (κ3) is 37.0. The van der Waals surface area contributed by atoms with Gasteiger partial charge in [-0.15, -0.1) is 0 Å². The number of unbranched alkanes of at least 4 members (excludes halogenated alkanes) is 10. The van der Waals surface area contributed by atoms with Crippen LogP contribution in [0.3, 0.4) is 0 Å². The average Bonchev–Trinajstić information content (AvgIpc) is 3.11. The molecule has 0 aromatic carbocycles. The summed E-state index contributed by atoms with van der Waals surface area (Å²) in [6.07, 6.45) is 43.6. The van der Waals surface area contributed by atoms with Crippen LogP contribution < -0.4 is 5.73 Å². The summed E-state index contributed by atoms with van der Waals surface area (Å²) in [5.74, 6) is -0.902. The molecule has 10 heteroatoms. The second kappa shape index (κ2) is 37.2. The van der Waals surface area contributed by atoms with Crippen molar-refractivity contribution in [2.75, 3.05) is 26.4 Å². The topological polar surface area (TPSA) is 134 Å². The van der Waals surface area contributed by atoms with E-state index in [1.54, 1.807) is 0 Å². The van der Waals surface area contributed by atoms with Gasteiger partial charge in [0.25, 0.3) is 0 Å².